The van der Waals surface area contributed by atoms with Crippen molar-refractivity contribution >= 4 is 23.7 Å². The Morgan fingerprint density at radius 1 is 1.27 bits per heavy atom. The highest BCUT2D eigenvalue weighted by Crippen LogP contribution is 2.25. The van der Waals surface area contributed by atoms with Crippen LogP contribution in [0, 0.1) is 0 Å². The highest BCUT2D eigenvalue weighted by Gasteiger charge is 2.18. The van der Waals surface area contributed by atoms with Crippen molar-refractivity contribution in [2.24, 2.45) is 0 Å². The van der Waals surface area contributed by atoms with E-state index in [1.54, 1.807) is 6.07 Å². The summed E-state index contributed by atoms with van der Waals surface area (Å²) in [4.78, 5) is 0. The fraction of sp³-hybridized carbons (Fsp3) is 0.273. The van der Waals surface area contributed by atoms with Crippen LogP contribution in [0.2, 0.25) is 0 Å². The first-order chi connectivity index (χ1) is 7.09. The maximum atomic E-state index is 9.02. The van der Waals surface area contributed by atoms with E-state index in [1.165, 1.54) is 0 Å². The number of benzene rings is 1. The van der Waals surface area contributed by atoms with Crippen LogP contribution in [-0.2, 0) is 0 Å². The molecule has 2 aromatic rings. The number of hydrogen-bond donors (Lipinski definition) is 2. The first kappa shape index (κ1) is 10.3. The van der Waals surface area contributed by atoms with E-state index < -0.39 is 7.12 Å². The molecule has 0 atom stereocenters. The topological polar surface area (TPSA) is 53.6 Å². The van der Waals surface area contributed by atoms with Crippen molar-refractivity contribution in [3.8, 4) is 0 Å². The highest BCUT2D eigenvalue weighted by atomic mass is 16.4. The number of rotatable bonds is 2. The summed E-state index contributed by atoms with van der Waals surface area (Å²) in [5.41, 5.74) is 2.02. The molecular formula is C11H13BO3. The average Bonchev–Trinajstić information content (AvgIpc) is 2.60. The summed E-state index contributed by atoms with van der Waals surface area (Å²) in [6.07, 6.45) is 0. The van der Waals surface area contributed by atoms with Crippen molar-refractivity contribution in [1.29, 1.82) is 0 Å². The third-order valence-corrected chi connectivity index (χ3v) is 2.47. The lowest BCUT2D eigenvalue weighted by Gasteiger charge is -2.04. The molecule has 0 spiro atoms. The number of para-hydroxylation sites is 1. The van der Waals surface area contributed by atoms with Gasteiger partial charge in [-0.25, -0.2) is 0 Å². The zero-order valence-corrected chi connectivity index (χ0v) is 8.77. The molecule has 1 heterocycles. The Bertz CT molecular complexity index is 474. The van der Waals surface area contributed by atoms with Gasteiger partial charge >= 0.3 is 7.12 Å². The van der Waals surface area contributed by atoms with E-state index in [1.807, 2.05) is 18.2 Å². The summed E-state index contributed by atoms with van der Waals surface area (Å²) in [7, 11) is -1.54. The van der Waals surface area contributed by atoms with Crippen molar-refractivity contribution in [2.45, 2.75) is 19.8 Å². The van der Waals surface area contributed by atoms with E-state index in [0.29, 0.717) is 5.92 Å². The third-order valence-electron chi connectivity index (χ3n) is 2.47. The van der Waals surface area contributed by atoms with Crippen molar-refractivity contribution < 1.29 is 14.5 Å². The fourth-order valence-electron chi connectivity index (χ4n) is 1.69. The van der Waals surface area contributed by atoms with Gasteiger partial charge in [0.15, 0.2) is 0 Å². The van der Waals surface area contributed by atoms with Gasteiger partial charge in [-0.3, -0.25) is 0 Å². The lowest BCUT2D eigenvalue weighted by Crippen LogP contribution is -2.27. The van der Waals surface area contributed by atoms with Crippen molar-refractivity contribution in [2.75, 3.05) is 0 Å². The number of fused-ring (bicyclic) bond motifs is 1. The van der Waals surface area contributed by atoms with E-state index in [2.05, 4.69) is 13.8 Å². The molecule has 4 heteroatoms. The molecule has 1 aromatic heterocycles. The van der Waals surface area contributed by atoms with Gasteiger partial charge in [-0.15, -0.1) is 0 Å². The van der Waals surface area contributed by atoms with Crippen LogP contribution in [0.1, 0.15) is 25.3 Å². The second-order valence-corrected chi connectivity index (χ2v) is 3.94. The zero-order chi connectivity index (χ0) is 11.0. The van der Waals surface area contributed by atoms with Crippen LogP contribution in [-0.4, -0.2) is 17.2 Å². The zero-order valence-electron chi connectivity index (χ0n) is 8.77. The summed E-state index contributed by atoms with van der Waals surface area (Å²) in [6.45, 7) is 4.15. The molecule has 0 aliphatic heterocycles. The molecule has 78 valence electrons. The van der Waals surface area contributed by atoms with Gasteiger partial charge in [-0.1, -0.05) is 32.0 Å². The summed E-state index contributed by atoms with van der Waals surface area (Å²) >= 11 is 0. The molecular weight excluding hydrogens is 191 g/mol. The molecule has 2 rings (SSSR count). The number of hydrogen-bond acceptors (Lipinski definition) is 3. The molecule has 3 nitrogen and oxygen atoms in total. The van der Waals surface area contributed by atoms with Crippen LogP contribution < -0.4 is 5.66 Å². The first-order valence-corrected chi connectivity index (χ1v) is 4.98. The van der Waals surface area contributed by atoms with E-state index in [9.17, 15) is 0 Å². The lowest BCUT2D eigenvalue weighted by atomic mass is 9.88. The maximum Gasteiger partial charge on any atom is 0.526 e. The van der Waals surface area contributed by atoms with Crippen LogP contribution in [0.15, 0.2) is 28.7 Å². The standard InChI is InChI=1S/C11H13BO3/c1-7(2)9-5-3-4-8-6-10(12(13)14)15-11(8)9/h3-7,13-14H,1-2H3. The first-order valence-electron chi connectivity index (χ1n) is 4.98. The SMILES string of the molecule is CC(C)c1cccc2cc(B(O)O)oc12. The summed E-state index contributed by atoms with van der Waals surface area (Å²) in [5, 5.41) is 18.9. The Labute approximate surface area is 88.5 Å². The second kappa shape index (κ2) is 3.72. The van der Waals surface area contributed by atoms with Crippen molar-refractivity contribution in [3.63, 3.8) is 0 Å². The molecule has 0 bridgehead atoms. The smallest absolute Gasteiger partial charge is 0.464 e. The minimum absolute atomic E-state index is 0.193. The maximum absolute atomic E-state index is 9.02. The Morgan fingerprint density at radius 3 is 2.60 bits per heavy atom. The van der Waals surface area contributed by atoms with Gasteiger partial charge in [0.05, 0.1) is 0 Å². The van der Waals surface area contributed by atoms with E-state index in [-0.39, 0.29) is 5.66 Å². The van der Waals surface area contributed by atoms with E-state index in [0.717, 1.165) is 16.5 Å². The van der Waals surface area contributed by atoms with Crippen LogP contribution in [0.4, 0.5) is 0 Å². The highest BCUT2D eigenvalue weighted by molar-refractivity contribution is 6.57. The predicted octanol–water partition coefficient (Wildman–Crippen LogP) is 1.24. The molecule has 0 aliphatic rings. The Balaban J connectivity index is 2.64. The van der Waals surface area contributed by atoms with Crippen LogP contribution in [0.5, 0.6) is 0 Å². The van der Waals surface area contributed by atoms with E-state index in [4.69, 9.17) is 14.5 Å². The summed E-state index contributed by atoms with van der Waals surface area (Å²) < 4.78 is 5.42. The Morgan fingerprint density at radius 2 is 2.00 bits per heavy atom. The number of furan rings is 1. The van der Waals surface area contributed by atoms with Gasteiger partial charge in [0.1, 0.15) is 11.2 Å². The van der Waals surface area contributed by atoms with E-state index >= 15 is 0 Å². The molecule has 0 unspecified atom stereocenters. The Kier molecular flexibility index (Phi) is 2.55. The molecule has 0 aliphatic carbocycles. The normalized spacial score (nSPS) is 11.3. The quantitative estimate of drug-likeness (QED) is 0.723. The van der Waals surface area contributed by atoms with Gasteiger partial charge < -0.3 is 14.5 Å². The molecule has 0 saturated carbocycles. The van der Waals surface area contributed by atoms with Gasteiger partial charge in [0, 0.05) is 5.39 Å². The largest absolute Gasteiger partial charge is 0.526 e. The molecule has 0 radical (unpaired) electrons. The van der Waals surface area contributed by atoms with Crippen LogP contribution in [0.3, 0.4) is 0 Å². The average molecular weight is 204 g/mol. The van der Waals surface area contributed by atoms with Crippen molar-refractivity contribution in [3.05, 3.63) is 29.8 Å². The van der Waals surface area contributed by atoms with Crippen LogP contribution >= 0.6 is 0 Å². The van der Waals surface area contributed by atoms with Crippen molar-refractivity contribution in [1.82, 2.24) is 0 Å². The molecule has 1 aromatic carbocycles. The van der Waals surface area contributed by atoms with Gasteiger partial charge in [-0.2, -0.15) is 0 Å². The summed E-state index contributed by atoms with van der Waals surface area (Å²) in [6, 6.07) is 7.49. The molecule has 0 saturated heterocycles. The van der Waals surface area contributed by atoms with Gasteiger partial charge in [0.2, 0.25) is 0 Å². The Hall–Kier alpha value is -1.26. The minimum atomic E-state index is -1.54. The predicted molar refractivity (Wildman–Crippen MR) is 60.1 cm³/mol. The van der Waals surface area contributed by atoms with Gasteiger partial charge in [-0.05, 0) is 17.5 Å². The van der Waals surface area contributed by atoms with Crippen LogP contribution in [0.25, 0.3) is 11.0 Å². The lowest BCUT2D eigenvalue weighted by molar-refractivity contribution is 0.412. The molecule has 0 fully saturated rings. The fourth-order valence-corrected chi connectivity index (χ4v) is 1.69. The second-order valence-electron chi connectivity index (χ2n) is 3.94. The molecule has 0 amide bonds. The van der Waals surface area contributed by atoms with Gasteiger partial charge in [0.25, 0.3) is 0 Å². The monoisotopic (exact) mass is 204 g/mol. The minimum Gasteiger partial charge on any atom is -0.464 e. The molecule has 2 N–H and O–H groups in total. The third kappa shape index (κ3) is 1.78. The molecule has 15 heavy (non-hydrogen) atoms. The summed E-state index contributed by atoms with van der Waals surface area (Å²) in [5.74, 6) is 0.350.